The van der Waals surface area contributed by atoms with Crippen LogP contribution in [0.5, 0.6) is 0 Å². The molecule has 5 rings (SSSR count). The van der Waals surface area contributed by atoms with Gasteiger partial charge in [0.15, 0.2) is 0 Å². The number of nitrogens with two attached hydrogens (primary N) is 1. The molecule has 0 amide bonds. The topological polar surface area (TPSA) is 67.1 Å². The molecular weight excluding hydrogens is 282 g/mol. The lowest BCUT2D eigenvalue weighted by Crippen LogP contribution is -2.53. The van der Waals surface area contributed by atoms with Crippen molar-refractivity contribution < 1.29 is 0 Å². The second kappa shape index (κ2) is 5.27. The van der Waals surface area contributed by atoms with Gasteiger partial charge in [0.05, 0.1) is 5.56 Å². The first kappa shape index (κ1) is 13.0. The number of piperidine rings is 3. The smallest absolute Gasteiger partial charge is 0.147 e. The first-order valence-corrected chi connectivity index (χ1v) is 8.23. The van der Waals surface area contributed by atoms with Crippen LogP contribution < -0.4 is 11.1 Å². The molecule has 3 aliphatic heterocycles. The van der Waals surface area contributed by atoms with Crippen LogP contribution in [0.4, 0.5) is 10.8 Å². The standard InChI is InChI=1S/C15H19N5S/c16-14-13(11-2-1-5-17-8-11)15(21-19-14)18-12-9-20-6-3-10(12)4-7-20/h1-2,5,8,10,12,18H,3-4,6-7,9H2,(H2,16,19). The average Bonchev–Trinajstić information content (AvgIpc) is 2.90. The molecule has 0 aliphatic carbocycles. The number of hydrogen-bond acceptors (Lipinski definition) is 6. The quantitative estimate of drug-likeness (QED) is 0.910. The lowest BCUT2D eigenvalue weighted by molar-refractivity contribution is 0.0977. The molecule has 3 saturated heterocycles. The van der Waals surface area contributed by atoms with Gasteiger partial charge in [-0.25, -0.2) is 0 Å². The van der Waals surface area contributed by atoms with Crippen molar-refractivity contribution in [1.82, 2.24) is 14.3 Å². The Balaban J connectivity index is 1.62. The second-order valence-corrected chi connectivity index (χ2v) is 6.68. The number of nitrogens with one attached hydrogen (secondary N) is 1. The maximum atomic E-state index is 6.08. The van der Waals surface area contributed by atoms with Crippen molar-refractivity contribution >= 4 is 22.4 Å². The van der Waals surface area contributed by atoms with E-state index in [0.717, 1.165) is 28.6 Å². The number of nitrogens with zero attached hydrogens (tertiary/aromatic N) is 3. The Morgan fingerprint density at radius 3 is 2.86 bits per heavy atom. The number of hydrogen-bond donors (Lipinski definition) is 2. The molecule has 3 fully saturated rings. The van der Waals surface area contributed by atoms with E-state index in [1.165, 1.54) is 37.5 Å². The van der Waals surface area contributed by atoms with E-state index in [9.17, 15) is 0 Å². The Morgan fingerprint density at radius 2 is 2.19 bits per heavy atom. The summed E-state index contributed by atoms with van der Waals surface area (Å²) in [5.74, 6) is 1.37. The van der Waals surface area contributed by atoms with E-state index in [4.69, 9.17) is 5.73 Å². The maximum absolute atomic E-state index is 6.08. The van der Waals surface area contributed by atoms with Crippen LogP contribution in [0.15, 0.2) is 24.5 Å². The number of pyridine rings is 1. The first-order valence-electron chi connectivity index (χ1n) is 7.45. The number of anilines is 2. The minimum Gasteiger partial charge on any atom is -0.382 e. The van der Waals surface area contributed by atoms with Gasteiger partial charge in [-0.3, -0.25) is 4.98 Å². The van der Waals surface area contributed by atoms with Crippen molar-refractivity contribution in [3.8, 4) is 11.1 Å². The molecule has 0 aromatic carbocycles. The SMILES string of the molecule is Nc1nsc(NC2CN3CCC2CC3)c1-c1cccnc1. The van der Waals surface area contributed by atoms with Gasteiger partial charge in [-0.05, 0) is 49.4 Å². The summed E-state index contributed by atoms with van der Waals surface area (Å²) >= 11 is 1.46. The molecule has 21 heavy (non-hydrogen) atoms. The summed E-state index contributed by atoms with van der Waals surface area (Å²) in [6.45, 7) is 3.64. The molecule has 110 valence electrons. The van der Waals surface area contributed by atoms with Gasteiger partial charge >= 0.3 is 0 Å². The third-order valence-electron chi connectivity index (χ3n) is 4.64. The minimum atomic E-state index is 0.516. The summed E-state index contributed by atoms with van der Waals surface area (Å²) in [5.41, 5.74) is 8.11. The highest BCUT2D eigenvalue weighted by Crippen LogP contribution is 2.39. The predicted octanol–water partition coefficient (Wildman–Crippen LogP) is 2.29. The normalized spacial score (nSPS) is 27.7. The van der Waals surface area contributed by atoms with Gasteiger partial charge in [0, 0.05) is 30.5 Å². The van der Waals surface area contributed by atoms with E-state index in [1.54, 1.807) is 6.20 Å². The highest BCUT2D eigenvalue weighted by Gasteiger charge is 2.34. The molecule has 0 saturated carbocycles. The maximum Gasteiger partial charge on any atom is 0.147 e. The zero-order valence-corrected chi connectivity index (χ0v) is 12.6. The van der Waals surface area contributed by atoms with Crippen molar-refractivity contribution in [2.24, 2.45) is 5.92 Å². The Kier molecular flexibility index (Phi) is 3.27. The second-order valence-electron chi connectivity index (χ2n) is 5.90. The zero-order valence-electron chi connectivity index (χ0n) is 11.8. The Labute approximate surface area is 128 Å². The third-order valence-corrected chi connectivity index (χ3v) is 5.43. The van der Waals surface area contributed by atoms with E-state index in [2.05, 4.69) is 19.6 Å². The summed E-state index contributed by atoms with van der Waals surface area (Å²) in [6, 6.07) is 4.49. The molecule has 5 heterocycles. The fourth-order valence-electron chi connectivity index (χ4n) is 3.49. The molecule has 2 aromatic rings. The minimum absolute atomic E-state index is 0.516. The summed E-state index contributed by atoms with van der Waals surface area (Å²) < 4.78 is 4.34. The first-order chi connectivity index (χ1) is 10.3. The molecule has 1 unspecified atom stereocenters. The van der Waals surface area contributed by atoms with Crippen LogP contribution in [0.25, 0.3) is 11.1 Å². The molecular formula is C15H19N5S. The Bertz CT molecular complexity index is 618. The Hall–Kier alpha value is -1.66. The summed E-state index contributed by atoms with van der Waals surface area (Å²) in [4.78, 5) is 6.74. The van der Waals surface area contributed by atoms with Crippen LogP contribution in [-0.2, 0) is 0 Å². The van der Waals surface area contributed by atoms with Crippen LogP contribution in [-0.4, -0.2) is 39.9 Å². The van der Waals surface area contributed by atoms with Crippen LogP contribution >= 0.6 is 11.5 Å². The van der Waals surface area contributed by atoms with Crippen molar-refractivity contribution in [2.75, 3.05) is 30.7 Å². The molecule has 3 N–H and O–H groups in total. The van der Waals surface area contributed by atoms with E-state index >= 15 is 0 Å². The van der Waals surface area contributed by atoms with E-state index in [-0.39, 0.29) is 0 Å². The average molecular weight is 301 g/mol. The van der Waals surface area contributed by atoms with E-state index in [0.29, 0.717) is 11.9 Å². The molecule has 6 heteroatoms. The Morgan fingerprint density at radius 1 is 1.33 bits per heavy atom. The fourth-order valence-corrected chi connectivity index (χ4v) is 4.29. The van der Waals surface area contributed by atoms with Gasteiger partial charge in [-0.15, -0.1) is 0 Å². The van der Waals surface area contributed by atoms with Crippen molar-refractivity contribution in [3.05, 3.63) is 24.5 Å². The fraction of sp³-hybridized carbons (Fsp3) is 0.467. The molecule has 3 aliphatic rings. The van der Waals surface area contributed by atoms with Gasteiger partial charge in [0.2, 0.25) is 0 Å². The summed E-state index contributed by atoms with van der Waals surface area (Å²) in [7, 11) is 0. The van der Waals surface area contributed by atoms with Gasteiger partial charge < -0.3 is 16.0 Å². The van der Waals surface area contributed by atoms with Crippen LogP contribution in [0.3, 0.4) is 0 Å². The zero-order chi connectivity index (χ0) is 14.2. The molecule has 1 atom stereocenters. The van der Waals surface area contributed by atoms with Gasteiger partial charge in [0.1, 0.15) is 10.8 Å². The highest BCUT2D eigenvalue weighted by atomic mass is 32.1. The molecule has 0 spiro atoms. The van der Waals surface area contributed by atoms with Gasteiger partial charge in [0.25, 0.3) is 0 Å². The number of aromatic nitrogens is 2. The van der Waals surface area contributed by atoms with E-state index in [1.807, 2.05) is 18.3 Å². The largest absolute Gasteiger partial charge is 0.382 e. The monoisotopic (exact) mass is 301 g/mol. The molecule has 2 bridgehead atoms. The van der Waals surface area contributed by atoms with Crippen LogP contribution in [0.1, 0.15) is 12.8 Å². The van der Waals surface area contributed by atoms with Crippen molar-refractivity contribution in [2.45, 2.75) is 18.9 Å². The summed E-state index contributed by atoms with van der Waals surface area (Å²) in [6.07, 6.45) is 6.23. The third kappa shape index (κ3) is 2.38. The molecule has 2 aromatic heterocycles. The number of nitrogen functional groups attached to an aromatic ring is 1. The van der Waals surface area contributed by atoms with Crippen LogP contribution in [0.2, 0.25) is 0 Å². The molecule has 5 nitrogen and oxygen atoms in total. The van der Waals surface area contributed by atoms with Crippen molar-refractivity contribution in [3.63, 3.8) is 0 Å². The van der Waals surface area contributed by atoms with E-state index < -0.39 is 0 Å². The number of fused-ring (bicyclic) bond motifs is 3. The van der Waals surface area contributed by atoms with Gasteiger partial charge in [-0.2, -0.15) is 4.37 Å². The highest BCUT2D eigenvalue weighted by molar-refractivity contribution is 7.11. The number of rotatable bonds is 3. The van der Waals surface area contributed by atoms with Crippen molar-refractivity contribution in [1.29, 1.82) is 0 Å². The lowest BCUT2D eigenvalue weighted by Gasteiger charge is -2.45. The predicted molar refractivity (Wildman–Crippen MR) is 86.3 cm³/mol. The molecule has 0 radical (unpaired) electrons. The summed E-state index contributed by atoms with van der Waals surface area (Å²) in [5, 5.41) is 4.79. The lowest BCUT2D eigenvalue weighted by atomic mass is 9.84. The van der Waals surface area contributed by atoms with Crippen LogP contribution in [0, 0.1) is 5.92 Å². The van der Waals surface area contributed by atoms with Gasteiger partial charge in [-0.1, -0.05) is 6.07 Å².